The van der Waals surface area contributed by atoms with Crippen LogP contribution in [0.3, 0.4) is 0 Å². The van der Waals surface area contributed by atoms with Gasteiger partial charge in [0.05, 0.1) is 5.60 Å². The Kier molecular flexibility index (Phi) is 8.62. The van der Waals surface area contributed by atoms with Crippen molar-refractivity contribution in [2.75, 3.05) is 7.11 Å². The van der Waals surface area contributed by atoms with Gasteiger partial charge in [-0.15, -0.1) is 0 Å². The highest BCUT2D eigenvalue weighted by atomic mass is 19.1. The molecule has 0 amide bonds. The van der Waals surface area contributed by atoms with E-state index in [0.29, 0.717) is 5.56 Å². The first-order valence-corrected chi connectivity index (χ1v) is 10.5. The number of halogens is 2. The molecule has 28 heavy (non-hydrogen) atoms. The fourth-order valence-corrected chi connectivity index (χ4v) is 3.82. The van der Waals surface area contributed by atoms with Gasteiger partial charge in [-0.25, -0.2) is 8.78 Å². The van der Waals surface area contributed by atoms with Gasteiger partial charge in [0.25, 0.3) is 0 Å². The molecule has 0 N–H and O–H groups in total. The van der Waals surface area contributed by atoms with Crippen molar-refractivity contribution in [1.82, 2.24) is 0 Å². The summed E-state index contributed by atoms with van der Waals surface area (Å²) >= 11 is 0. The van der Waals surface area contributed by atoms with Gasteiger partial charge in [0.15, 0.2) is 0 Å². The SMILES string of the molecule is CCCCCCCCC(c1ccc(-c2cc(F)cc(F)c2)cc1)C(C)(C)OC. The van der Waals surface area contributed by atoms with Gasteiger partial charge < -0.3 is 4.74 Å². The zero-order valence-electron chi connectivity index (χ0n) is 17.7. The number of unbranched alkanes of at least 4 members (excludes halogenated alkanes) is 5. The largest absolute Gasteiger partial charge is 0.378 e. The molecule has 154 valence electrons. The number of benzene rings is 2. The van der Waals surface area contributed by atoms with Crippen LogP contribution in [0, 0.1) is 11.6 Å². The summed E-state index contributed by atoms with van der Waals surface area (Å²) in [6.45, 7) is 6.49. The summed E-state index contributed by atoms with van der Waals surface area (Å²) in [7, 11) is 1.76. The van der Waals surface area contributed by atoms with Crippen LogP contribution >= 0.6 is 0 Å². The second-order valence-corrected chi connectivity index (χ2v) is 8.20. The van der Waals surface area contributed by atoms with Crippen LogP contribution in [0.5, 0.6) is 0 Å². The van der Waals surface area contributed by atoms with Crippen molar-refractivity contribution in [2.45, 2.75) is 77.2 Å². The summed E-state index contributed by atoms with van der Waals surface area (Å²) < 4.78 is 32.8. The standard InChI is InChI=1S/C25H34F2O/c1-5-6-7-8-9-10-11-24(25(2,3)28-4)20-14-12-19(13-15-20)21-16-22(26)18-23(27)17-21/h12-18,24H,5-11H2,1-4H3. The minimum absolute atomic E-state index is 0.268. The maximum atomic E-state index is 13.5. The summed E-state index contributed by atoms with van der Waals surface area (Å²) in [5, 5.41) is 0. The predicted molar refractivity (Wildman–Crippen MR) is 114 cm³/mol. The molecule has 0 bridgehead atoms. The van der Waals surface area contributed by atoms with Crippen molar-refractivity contribution >= 4 is 0 Å². The molecule has 0 spiro atoms. The summed E-state index contributed by atoms with van der Waals surface area (Å²) in [6.07, 6.45) is 8.68. The highest BCUT2D eigenvalue weighted by Crippen LogP contribution is 2.36. The quantitative estimate of drug-likeness (QED) is 0.356. The third-order valence-corrected chi connectivity index (χ3v) is 5.72. The Labute approximate surface area is 169 Å². The lowest BCUT2D eigenvalue weighted by Crippen LogP contribution is -2.31. The van der Waals surface area contributed by atoms with Crippen molar-refractivity contribution in [3.8, 4) is 11.1 Å². The zero-order valence-corrected chi connectivity index (χ0v) is 17.7. The van der Waals surface area contributed by atoms with E-state index in [-0.39, 0.29) is 11.5 Å². The third-order valence-electron chi connectivity index (χ3n) is 5.72. The molecule has 1 nitrogen and oxygen atoms in total. The summed E-state index contributed by atoms with van der Waals surface area (Å²) in [6, 6.07) is 11.7. The monoisotopic (exact) mass is 388 g/mol. The number of rotatable bonds is 11. The molecule has 2 rings (SSSR count). The fourth-order valence-electron chi connectivity index (χ4n) is 3.82. The Morgan fingerprint density at radius 2 is 1.39 bits per heavy atom. The second kappa shape index (κ2) is 10.7. The summed E-state index contributed by atoms with van der Waals surface area (Å²) in [5.74, 6) is -0.831. The summed E-state index contributed by atoms with van der Waals surface area (Å²) in [4.78, 5) is 0. The molecular weight excluding hydrogens is 354 g/mol. The van der Waals surface area contributed by atoms with Gasteiger partial charge in [0, 0.05) is 19.1 Å². The van der Waals surface area contributed by atoms with Gasteiger partial charge in [-0.3, -0.25) is 0 Å². The first-order valence-electron chi connectivity index (χ1n) is 10.5. The molecule has 0 saturated carbocycles. The van der Waals surface area contributed by atoms with E-state index in [4.69, 9.17) is 4.74 Å². The maximum absolute atomic E-state index is 13.5. The average Bonchev–Trinajstić information content (AvgIpc) is 2.66. The second-order valence-electron chi connectivity index (χ2n) is 8.20. The molecule has 0 radical (unpaired) electrons. The first-order chi connectivity index (χ1) is 13.4. The van der Waals surface area contributed by atoms with Gasteiger partial charge in [0.2, 0.25) is 0 Å². The van der Waals surface area contributed by atoms with Gasteiger partial charge in [-0.1, -0.05) is 69.7 Å². The fraction of sp³-hybridized carbons (Fsp3) is 0.520. The minimum Gasteiger partial charge on any atom is -0.378 e. The van der Waals surface area contributed by atoms with E-state index in [0.717, 1.165) is 18.1 Å². The Morgan fingerprint density at radius 1 is 0.821 bits per heavy atom. The lowest BCUT2D eigenvalue weighted by molar-refractivity contribution is -0.00449. The van der Waals surface area contributed by atoms with E-state index in [9.17, 15) is 8.78 Å². The van der Waals surface area contributed by atoms with E-state index in [1.807, 2.05) is 12.1 Å². The lowest BCUT2D eigenvalue weighted by atomic mass is 9.80. The summed E-state index contributed by atoms with van der Waals surface area (Å²) in [5.41, 5.74) is 2.31. The van der Waals surface area contributed by atoms with Gasteiger partial charge >= 0.3 is 0 Å². The Balaban J connectivity index is 2.12. The maximum Gasteiger partial charge on any atom is 0.126 e. The normalized spacial score (nSPS) is 12.9. The highest BCUT2D eigenvalue weighted by molar-refractivity contribution is 5.64. The zero-order chi connectivity index (χ0) is 20.6. The lowest BCUT2D eigenvalue weighted by Gasteiger charge is -2.34. The minimum atomic E-state index is -0.555. The molecular formula is C25H34F2O. The topological polar surface area (TPSA) is 9.23 Å². The van der Waals surface area contributed by atoms with Crippen LogP contribution in [0.2, 0.25) is 0 Å². The van der Waals surface area contributed by atoms with Gasteiger partial charge in [-0.2, -0.15) is 0 Å². The van der Waals surface area contributed by atoms with Gasteiger partial charge in [-0.05, 0) is 49.1 Å². The highest BCUT2D eigenvalue weighted by Gasteiger charge is 2.30. The molecule has 3 heteroatoms. The molecule has 0 fully saturated rings. The molecule has 0 aliphatic carbocycles. The van der Waals surface area contributed by atoms with E-state index in [2.05, 4.69) is 32.9 Å². The van der Waals surface area contributed by atoms with Crippen LogP contribution in [-0.4, -0.2) is 12.7 Å². The Morgan fingerprint density at radius 3 is 1.96 bits per heavy atom. The van der Waals surface area contributed by atoms with Crippen LogP contribution < -0.4 is 0 Å². The number of ether oxygens (including phenoxy) is 1. The molecule has 2 aromatic carbocycles. The van der Waals surface area contributed by atoms with Crippen LogP contribution in [0.4, 0.5) is 8.78 Å². The molecule has 0 aromatic heterocycles. The van der Waals surface area contributed by atoms with E-state index in [1.165, 1.54) is 56.2 Å². The van der Waals surface area contributed by atoms with Crippen molar-refractivity contribution in [1.29, 1.82) is 0 Å². The van der Waals surface area contributed by atoms with Crippen LogP contribution in [0.15, 0.2) is 42.5 Å². The molecule has 1 unspecified atom stereocenters. The molecule has 0 saturated heterocycles. The third kappa shape index (κ3) is 6.41. The van der Waals surface area contributed by atoms with E-state index >= 15 is 0 Å². The van der Waals surface area contributed by atoms with Crippen LogP contribution in [0.25, 0.3) is 11.1 Å². The van der Waals surface area contributed by atoms with Crippen LogP contribution in [0.1, 0.15) is 77.2 Å². The van der Waals surface area contributed by atoms with Gasteiger partial charge in [0.1, 0.15) is 11.6 Å². The Bertz CT molecular complexity index is 702. The number of hydrogen-bond donors (Lipinski definition) is 0. The first kappa shape index (κ1) is 22.5. The molecule has 0 aliphatic rings. The van der Waals surface area contributed by atoms with Crippen LogP contribution in [-0.2, 0) is 4.74 Å². The van der Waals surface area contributed by atoms with Crippen molar-refractivity contribution in [3.63, 3.8) is 0 Å². The van der Waals surface area contributed by atoms with E-state index < -0.39 is 11.6 Å². The van der Waals surface area contributed by atoms with Crippen molar-refractivity contribution < 1.29 is 13.5 Å². The Hall–Kier alpha value is -1.74. The smallest absolute Gasteiger partial charge is 0.126 e. The molecule has 0 heterocycles. The molecule has 1 atom stereocenters. The average molecular weight is 389 g/mol. The predicted octanol–water partition coefficient (Wildman–Crippen LogP) is 7.89. The van der Waals surface area contributed by atoms with E-state index in [1.54, 1.807) is 7.11 Å². The van der Waals surface area contributed by atoms with Crippen molar-refractivity contribution in [3.05, 3.63) is 59.7 Å². The van der Waals surface area contributed by atoms with Crippen molar-refractivity contribution in [2.24, 2.45) is 0 Å². The molecule has 2 aromatic rings. The number of hydrogen-bond acceptors (Lipinski definition) is 1. The molecule has 0 aliphatic heterocycles. The number of methoxy groups -OCH3 is 1.